The molecule has 0 atom stereocenters. The fourth-order valence-corrected chi connectivity index (χ4v) is 3.80. The molecule has 0 saturated heterocycles. The molecule has 2 aromatic rings. The van der Waals surface area contributed by atoms with Gasteiger partial charge >= 0.3 is 5.97 Å². The number of aliphatic carboxylic acids is 1. The summed E-state index contributed by atoms with van der Waals surface area (Å²) in [6.07, 6.45) is 8.66. The summed E-state index contributed by atoms with van der Waals surface area (Å²) in [5.74, 6) is 0.269. The van der Waals surface area contributed by atoms with Gasteiger partial charge in [0.1, 0.15) is 17.2 Å². The Balaban J connectivity index is 1.59. The number of nitrogens with one attached hydrogen (secondary N) is 1. The van der Waals surface area contributed by atoms with Crippen LogP contribution in [-0.2, 0) is 9.59 Å². The van der Waals surface area contributed by atoms with E-state index >= 15 is 0 Å². The van der Waals surface area contributed by atoms with Crippen molar-refractivity contribution in [2.24, 2.45) is 5.92 Å². The van der Waals surface area contributed by atoms with E-state index < -0.39 is 5.97 Å². The van der Waals surface area contributed by atoms with Crippen molar-refractivity contribution in [3.63, 3.8) is 0 Å². The predicted octanol–water partition coefficient (Wildman–Crippen LogP) is 6.03. The Kier molecular flexibility index (Phi) is 7.91. The molecule has 1 aliphatic carbocycles. The molecule has 2 aromatic carbocycles. The summed E-state index contributed by atoms with van der Waals surface area (Å²) in [4.78, 5) is 23.8. The second kappa shape index (κ2) is 10.8. The van der Waals surface area contributed by atoms with Crippen molar-refractivity contribution in [1.82, 2.24) is 5.32 Å². The Morgan fingerprint density at radius 2 is 1.77 bits per heavy atom. The third-order valence-corrected chi connectivity index (χ3v) is 5.58. The molecule has 0 radical (unpaired) electrons. The number of hydrogen-bond donors (Lipinski definition) is 2. The van der Waals surface area contributed by atoms with Gasteiger partial charge in [-0.3, -0.25) is 4.79 Å². The molecule has 0 spiro atoms. The van der Waals surface area contributed by atoms with Crippen molar-refractivity contribution in [3.8, 4) is 11.5 Å². The van der Waals surface area contributed by atoms with Crippen LogP contribution in [0.3, 0.4) is 0 Å². The monoisotopic (exact) mass is 427 g/mol. The summed E-state index contributed by atoms with van der Waals surface area (Å²) in [7, 11) is 0. The molecule has 2 N–H and O–H groups in total. The second-order valence-electron chi connectivity index (χ2n) is 7.56. The van der Waals surface area contributed by atoms with Crippen LogP contribution in [0.15, 0.2) is 54.2 Å². The Hall–Kier alpha value is -2.79. The second-order valence-corrected chi connectivity index (χ2v) is 7.96. The van der Waals surface area contributed by atoms with Gasteiger partial charge in [-0.2, -0.15) is 0 Å². The summed E-state index contributed by atoms with van der Waals surface area (Å²) >= 11 is 6.09. The van der Waals surface area contributed by atoms with Gasteiger partial charge in [-0.1, -0.05) is 68.0 Å². The highest BCUT2D eigenvalue weighted by molar-refractivity contribution is 6.32. The van der Waals surface area contributed by atoms with Crippen LogP contribution >= 0.6 is 11.6 Å². The first kappa shape index (κ1) is 21.9. The maximum Gasteiger partial charge on any atom is 0.352 e. The smallest absolute Gasteiger partial charge is 0.352 e. The predicted molar refractivity (Wildman–Crippen MR) is 118 cm³/mol. The molecular formula is C24H26ClNO4. The Labute approximate surface area is 181 Å². The Morgan fingerprint density at radius 3 is 2.43 bits per heavy atom. The first-order valence-corrected chi connectivity index (χ1v) is 10.7. The maximum absolute atomic E-state index is 12.2. The maximum atomic E-state index is 12.2. The highest BCUT2D eigenvalue weighted by Gasteiger charge is 2.17. The fraction of sp³-hybridized carbons (Fsp3) is 0.333. The lowest BCUT2D eigenvalue weighted by Gasteiger charge is -2.21. The van der Waals surface area contributed by atoms with E-state index in [1.54, 1.807) is 36.4 Å². The number of hydrogen-bond acceptors (Lipinski definition) is 3. The van der Waals surface area contributed by atoms with Crippen LogP contribution in [0.4, 0.5) is 0 Å². The molecule has 1 aliphatic rings. The van der Waals surface area contributed by atoms with E-state index in [1.165, 1.54) is 25.3 Å². The molecule has 1 fully saturated rings. The molecule has 3 rings (SSSR count). The minimum absolute atomic E-state index is 0.136. The molecular weight excluding hydrogens is 402 g/mol. The van der Waals surface area contributed by atoms with Crippen LogP contribution < -0.4 is 10.1 Å². The van der Waals surface area contributed by atoms with Gasteiger partial charge in [0, 0.05) is 6.42 Å². The van der Waals surface area contributed by atoms with Gasteiger partial charge in [0.25, 0.3) is 0 Å². The van der Waals surface area contributed by atoms with Crippen LogP contribution in [-0.4, -0.2) is 17.0 Å². The van der Waals surface area contributed by atoms with Crippen LogP contribution in [0, 0.1) is 5.92 Å². The van der Waals surface area contributed by atoms with E-state index in [4.69, 9.17) is 16.3 Å². The van der Waals surface area contributed by atoms with Crippen LogP contribution in [0.1, 0.15) is 50.5 Å². The van der Waals surface area contributed by atoms with Gasteiger partial charge in [-0.25, -0.2) is 4.79 Å². The van der Waals surface area contributed by atoms with Crippen molar-refractivity contribution in [2.45, 2.75) is 44.9 Å². The minimum atomic E-state index is -1.17. The van der Waals surface area contributed by atoms with Crippen molar-refractivity contribution in [1.29, 1.82) is 0 Å². The highest BCUT2D eigenvalue weighted by atomic mass is 35.5. The summed E-state index contributed by atoms with van der Waals surface area (Å²) in [6, 6.07) is 14.0. The zero-order valence-corrected chi connectivity index (χ0v) is 17.5. The molecule has 0 bridgehead atoms. The number of rotatable bonds is 8. The van der Waals surface area contributed by atoms with Crippen LogP contribution in [0.25, 0.3) is 6.08 Å². The van der Waals surface area contributed by atoms with Gasteiger partial charge in [-0.05, 0) is 48.2 Å². The molecule has 6 heteroatoms. The summed E-state index contributed by atoms with van der Waals surface area (Å²) in [5, 5.41) is 12.5. The molecule has 0 unspecified atom stereocenters. The SMILES string of the molecule is O=C(CCC1CCCCC1)N/C(=C\c1ccc(Oc2ccccc2Cl)cc1)C(=O)O. The van der Waals surface area contributed by atoms with E-state index in [2.05, 4.69) is 5.32 Å². The molecule has 5 nitrogen and oxygen atoms in total. The lowest BCUT2D eigenvalue weighted by Crippen LogP contribution is -2.27. The molecule has 0 aliphatic heterocycles. The van der Waals surface area contributed by atoms with Crippen molar-refractivity contribution in [2.75, 3.05) is 0 Å². The number of para-hydroxylation sites is 1. The van der Waals surface area contributed by atoms with E-state index in [-0.39, 0.29) is 11.6 Å². The quantitative estimate of drug-likeness (QED) is 0.504. The number of ether oxygens (including phenoxy) is 1. The average molecular weight is 428 g/mol. The zero-order valence-electron chi connectivity index (χ0n) is 16.8. The number of benzene rings is 2. The largest absolute Gasteiger partial charge is 0.477 e. The third kappa shape index (κ3) is 6.63. The topological polar surface area (TPSA) is 75.6 Å². The van der Waals surface area contributed by atoms with Gasteiger partial charge in [0.2, 0.25) is 5.91 Å². The Morgan fingerprint density at radius 1 is 1.07 bits per heavy atom. The number of carbonyl (C=O) groups excluding carboxylic acids is 1. The molecule has 1 amide bonds. The minimum Gasteiger partial charge on any atom is -0.477 e. The molecule has 158 valence electrons. The van der Waals surface area contributed by atoms with E-state index in [0.29, 0.717) is 34.4 Å². The van der Waals surface area contributed by atoms with Crippen LogP contribution in [0.5, 0.6) is 11.5 Å². The van der Waals surface area contributed by atoms with Gasteiger partial charge in [0.15, 0.2) is 0 Å². The number of carboxylic acids is 1. The normalized spacial score (nSPS) is 14.9. The zero-order chi connectivity index (χ0) is 21.3. The first-order valence-electron chi connectivity index (χ1n) is 10.3. The van der Waals surface area contributed by atoms with Crippen LogP contribution in [0.2, 0.25) is 5.02 Å². The average Bonchev–Trinajstić information content (AvgIpc) is 2.75. The molecule has 0 heterocycles. The first-order chi connectivity index (χ1) is 14.5. The fourth-order valence-electron chi connectivity index (χ4n) is 3.63. The number of carbonyl (C=O) groups is 2. The van der Waals surface area contributed by atoms with E-state index in [1.807, 2.05) is 12.1 Å². The highest BCUT2D eigenvalue weighted by Crippen LogP contribution is 2.29. The third-order valence-electron chi connectivity index (χ3n) is 5.26. The van der Waals surface area contributed by atoms with Crippen molar-refractivity contribution in [3.05, 3.63) is 64.8 Å². The lowest BCUT2D eigenvalue weighted by molar-refractivity contribution is -0.134. The lowest BCUT2D eigenvalue weighted by atomic mass is 9.86. The Bertz CT molecular complexity index is 902. The van der Waals surface area contributed by atoms with Crippen molar-refractivity contribution < 1.29 is 19.4 Å². The van der Waals surface area contributed by atoms with Gasteiger partial charge in [0.05, 0.1) is 5.02 Å². The molecule has 1 saturated carbocycles. The summed E-state index contributed by atoms with van der Waals surface area (Å²) < 4.78 is 5.73. The summed E-state index contributed by atoms with van der Waals surface area (Å²) in [5.41, 5.74) is 0.509. The van der Waals surface area contributed by atoms with E-state index in [0.717, 1.165) is 19.3 Å². The number of halogens is 1. The van der Waals surface area contributed by atoms with E-state index in [9.17, 15) is 14.7 Å². The van der Waals surface area contributed by atoms with Crippen molar-refractivity contribution >= 4 is 29.6 Å². The standard InChI is InChI=1S/C24H26ClNO4/c25-20-8-4-5-9-22(20)30-19-13-10-18(11-14-19)16-21(24(28)29)26-23(27)15-12-17-6-2-1-3-7-17/h4-5,8-11,13-14,16-17H,1-3,6-7,12,15H2,(H,26,27)(H,28,29)/b21-16-. The summed E-state index contributed by atoms with van der Waals surface area (Å²) in [6.45, 7) is 0. The van der Waals surface area contributed by atoms with Gasteiger partial charge < -0.3 is 15.2 Å². The number of carboxylic acid groups (broad SMARTS) is 1. The number of amides is 1. The molecule has 30 heavy (non-hydrogen) atoms. The van der Waals surface area contributed by atoms with Gasteiger partial charge in [-0.15, -0.1) is 0 Å². The molecule has 0 aromatic heterocycles.